The second-order valence-electron chi connectivity index (χ2n) is 4.11. The van der Waals surface area contributed by atoms with E-state index in [4.69, 9.17) is 5.11 Å². The maximum absolute atomic E-state index is 12.7. The second-order valence-corrected chi connectivity index (χ2v) is 5.82. The topological polar surface area (TPSA) is 83.5 Å². The van der Waals surface area contributed by atoms with Crippen LogP contribution in [0, 0.1) is 5.82 Å². The highest BCUT2D eigenvalue weighted by Gasteiger charge is 2.24. The summed E-state index contributed by atoms with van der Waals surface area (Å²) >= 11 is 0. The molecule has 0 aliphatic rings. The number of sulfonamides is 1. The molecule has 0 spiro atoms. The first kappa shape index (κ1) is 15.6. The molecule has 0 saturated carbocycles. The molecule has 0 saturated heterocycles. The molecular formula is C12H16FNO4S. The van der Waals surface area contributed by atoms with Crippen molar-refractivity contribution in [2.75, 3.05) is 0 Å². The SMILES string of the molecule is CCCCC(NS(=O)(=O)c1ccc(F)cc1)C(=O)O. The molecule has 0 aliphatic heterocycles. The molecule has 1 atom stereocenters. The molecule has 0 heterocycles. The zero-order chi connectivity index (χ0) is 14.5. The van der Waals surface area contributed by atoms with Crippen LogP contribution in [0.3, 0.4) is 0 Å². The van der Waals surface area contributed by atoms with Crippen LogP contribution >= 0.6 is 0 Å². The average molecular weight is 289 g/mol. The van der Waals surface area contributed by atoms with Gasteiger partial charge in [0.2, 0.25) is 10.0 Å². The maximum Gasteiger partial charge on any atom is 0.321 e. The Bertz CT molecular complexity index is 527. The number of aliphatic carboxylic acids is 1. The molecule has 7 heteroatoms. The third-order valence-electron chi connectivity index (χ3n) is 2.57. The summed E-state index contributed by atoms with van der Waals surface area (Å²) in [5, 5.41) is 8.97. The molecule has 0 radical (unpaired) electrons. The van der Waals surface area contributed by atoms with Crippen LogP contribution in [0.25, 0.3) is 0 Å². The van der Waals surface area contributed by atoms with E-state index >= 15 is 0 Å². The average Bonchev–Trinajstić information content (AvgIpc) is 2.34. The van der Waals surface area contributed by atoms with E-state index in [0.717, 1.165) is 30.7 Å². The predicted molar refractivity (Wildman–Crippen MR) is 67.7 cm³/mol. The Labute approximate surface area is 111 Å². The van der Waals surface area contributed by atoms with E-state index < -0.39 is 27.9 Å². The van der Waals surface area contributed by atoms with Crippen LogP contribution in [-0.2, 0) is 14.8 Å². The number of rotatable bonds is 7. The fraction of sp³-hybridized carbons (Fsp3) is 0.417. The van der Waals surface area contributed by atoms with Crippen LogP contribution in [0.4, 0.5) is 4.39 Å². The van der Waals surface area contributed by atoms with E-state index in [1.165, 1.54) is 0 Å². The molecule has 1 aromatic carbocycles. The van der Waals surface area contributed by atoms with Gasteiger partial charge in [0.25, 0.3) is 0 Å². The van der Waals surface area contributed by atoms with Gasteiger partial charge in [-0.3, -0.25) is 4.79 Å². The molecule has 0 bridgehead atoms. The quantitative estimate of drug-likeness (QED) is 0.801. The van der Waals surface area contributed by atoms with Crippen molar-refractivity contribution in [2.24, 2.45) is 0 Å². The van der Waals surface area contributed by atoms with Crippen LogP contribution in [0.2, 0.25) is 0 Å². The number of carbonyl (C=O) groups is 1. The smallest absolute Gasteiger partial charge is 0.321 e. The number of hydrogen-bond acceptors (Lipinski definition) is 3. The fourth-order valence-corrected chi connectivity index (χ4v) is 2.73. The third kappa shape index (κ3) is 4.60. The van der Waals surface area contributed by atoms with Gasteiger partial charge in [0, 0.05) is 0 Å². The first-order chi connectivity index (χ1) is 8.86. The summed E-state index contributed by atoms with van der Waals surface area (Å²) in [6, 6.07) is 3.04. The van der Waals surface area contributed by atoms with Crippen LogP contribution < -0.4 is 4.72 Å². The Morgan fingerprint density at radius 2 is 1.95 bits per heavy atom. The predicted octanol–water partition coefficient (Wildman–Crippen LogP) is 1.75. The van der Waals surface area contributed by atoms with Gasteiger partial charge in [-0.2, -0.15) is 4.72 Å². The summed E-state index contributed by atoms with van der Waals surface area (Å²) in [5.74, 6) is -1.78. The zero-order valence-corrected chi connectivity index (χ0v) is 11.3. The highest BCUT2D eigenvalue weighted by atomic mass is 32.2. The van der Waals surface area contributed by atoms with E-state index in [0.29, 0.717) is 6.42 Å². The van der Waals surface area contributed by atoms with Crippen molar-refractivity contribution in [3.63, 3.8) is 0 Å². The lowest BCUT2D eigenvalue weighted by molar-refractivity contribution is -0.139. The molecule has 0 aliphatic carbocycles. The molecule has 0 amide bonds. The Morgan fingerprint density at radius 1 is 1.37 bits per heavy atom. The largest absolute Gasteiger partial charge is 0.480 e. The number of halogens is 1. The molecule has 2 N–H and O–H groups in total. The van der Waals surface area contributed by atoms with Gasteiger partial charge in [-0.05, 0) is 30.7 Å². The minimum atomic E-state index is -3.95. The van der Waals surface area contributed by atoms with E-state index in [2.05, 4.69) is 4.72 Å². The summed E-state index contributed by atoms with van der Waals surface area (Å²) in [6.45, 7) is 1.88. The number of carboxylic acid groups (broad SMARTS) is 1. The van der Waals surface area contributed by atoms with Gasteiger partial charge in [-0.1, -0.05) is 19.8 Å². The van der Waals surface area contributed by atoms with Crippen molar-refractivity contribution in [2.45, 2.75) is 37.1 Å². The highest BCUT2D eigenvalue weighted by Crippen LogP contribution is 2.12. The fourth-order valence-electron chi connectivity index (χ4n) is 1.51. The van der Waals surface area contributed by atoms with Crippen LogP contribution in [0.15, 0.2) is 29.2 Å². The minimum absolute atomic E-state index is 0.156. The lowest BCUT2D eigenvalue weighted by Gasteiger charge is -2.14. The summed E-state index contributed by atoms with van der Waals surface area (Å²) in [5.41, 5.74) is 0. The first-order valence-corrected chi connectivity index (χ1v) is 7.36. The van der Waals surface area contributed by atoms with Crippen molar-refractivity contribution in [1.29, 1.82) is 0 Å². The van der Waals surface area contributed by atoms with Gasteiger partial charge in [0.1, 0.15) is 11.9 Å². The Balaban J connectivity index is 2.87. The van der Waals surface area contributed by atoms with E-state index in [9.17, 15) is 17.6 Å². The van der Waals surface area contributed by atoms with Crippen LogP contribution in [-0.4, -0.2) is 25.5 Å². The second kappa shape index (κ2) is 6.63. The molecular weight excluding hydrogens is 273 g/mol. The van der Waals surface area contributed by atoms with Gasteiger partial charge in [0.15, 0.2) is 0 Å². The number of unbranched alkanes of at least 4 members (excludes halogenated alkanes) is 1. The summed E-state index contributed by atoms with van der Waals surface area (Å²) < 4.78 is 38.7. The maximum atomic E-state index is 12.7. The minimum Gasteiger partial charge on any atom is -0.480 e. The van der Waals surface area contributed by atoms with E-state index in [1.54, 1.807) is 0 Å². The van der Waals surface area contributed by atoms with Gasteiger partial charge in [-0.15, -0.1) is 0 Å². The van der Waals surface area contributed by atoms with E-state index in [-0.39, 0.29) is 11.3 Å². The molecule has 0 aromatic heterocycles. The number of hydrogen-bond donors (Lipinski definition) is 2. The van der Waals surface area contributed by atoms with Gasteiger partial charge < -0.3 is 5.11 Å². The lowest BCUT2D eigenvalue weighted by atomic mass is 10.1. The molecule has 19 heavy (non-hydrogen) atoms. The number of carboxylic acids is 1. The monoisotopic (exact) mass is 289 g/mol. The van der Waals surface area contributed by atoms with Gasteiger partial charge >= 0.3 is 5.97 Å². The standard InChI is InChI=1S/C12H16FNO4S/c1-2-3-4-11(12(15)16)14-19(17,18)10-7-5-9(13)6-8-10/h5-8,11,14H,2-4H2,1H3,(H,15,16). The van der Waals surface area contributed by atoms with Gasteiger partial charge in [-0.25, -0.2) is 12.8 Å². The van der Waals surface area contributed by atoms with Crippen molar-refractivity contribution in [3.05, 3.63) is 30.1 Å². The summed E-state index contributed by atoms with van der Waals surface area (Å²) in [7, 11) is -3.95. The van der Waals surface area contributed by atoms with Crippen molar-refractivity contribution in [3.8, 4) is 0 Å². The first-order valence-electron chi connectivity index (χ1n) is 5.87. The summed E-state index contributed by atoms with van der Waals surface area (Å²) in [4.78, 5) is 10.8. The van der Waals surface area contributed by atoms with Crippen LogP contribution in [0.5, 0.6) is 0 Å². The Hall–Kier alpha value is -1.47. The van der Waals surface area contributed by atoms with E-state index in [1.807, 2.05) is 6.92 Å². The third-order valence-corrected chi connectivity index (χ3v) is 4.05. The van der Waals surface area contributed by atoms with Gasteiger partial charge in [0.05, 0.1) is 4.90 Å². The van der Waals surface area contributed by atoms with Crippen molar-refractivity contribution in [1.82, 2.24) is 4.72 Å². The highest BCUT2D eigenvalue weighted by molar-refractivity contribution is 7.89. The lowest BCUT2D eigenvalue weighted by Crippen LogP contribution is -2.40. The normalized spacial score (nSPS) is 13.2. The molecule has 0 fully saturated rings. The number of nitrogens with one attached hydrogen (secondary N) is 1. The molecule has 106 valence electrons. The molecule has 1 unspecified atom stereocenters. The molecule has 5 nitrogen and oxygen atoms in total. The van der Waals surface area contributed by atoms with Crippen molar-refractivity contribution < 1.29 is 22.7 Å². The molecule has 1 rings (SSSR count). The van der Waals surface area contributed by atoms with Crippen molar-refractivity contribution >= 4 is 16.0 Å². The zero-order valence-electron chi connectivity index (χ0n) is 10.5. The Morgan fingerprint density at radius 3 is 2.42 bits per heavy atom. The molecule has 1 aromatic rings. The Kier molecular flexibility index (Phi) is 5.44. The van der Waals surface area contributed by atoms with Crippen LogP contribution in [0.1, 0.15) is 26.2 Å². The summed E-state index contributed by atoms with van der Waals surface area (Å²) in [6.07, 6.45) is 1.58. The number of benzene rings is 1.